The lowest BCUT2D eigenvalue weighted by Crippen LogP contribution is -2.13. The lowest BCUT2D eigenvalue weighted by molar-refractivity contribution is -0.116. The van der Waals surface area contributed by atoms with Crippen LogP contribution < -0.4 is 10.1 Å². The van der Waals surface area contributed by atoms with E-state index in [-0.39, 0.29) is 12.5 Å². The maximum absolute atomic E-state index is 11.7. The first-order valence-electron chi connectivity index (χ1n) is 5.68. The monoisotopic (exact) mass is 230 g/mol. The minimum Gasteiger partial charge on any atom is -0.477 e. The molecule has 0 aliphatic heterocycles. The van der Waals surface area contributed by atoms with Crippen molar-refractivity contribution < 1.29 is 9.53 Å². The molecule has 1 aliphatic rings. The summed E-state index contributed by atoms with van der Waals surface area (Å²) >= 11 is 0. The number of nitrogens with one attached hydrogen (secondary N) is 1. The average molecular weight is 230 g/mol. The van der Waals surface area contributed by atoms with Crippen molar-refractivity contribution in [2.75, 3.05) is 11.9 Å². The van der Waals surface area contributed by atoms with Crippen LogP contribution in [0.2, 0.25) is 0 Å². The summed E-state index contributed by atoms with van der Waals surface area (Å²) in [5, 5.41) is 11.3. The number of ether oxygens (including phenoxy) is 1. The van der Waals surface area contributed by atoms with Crippen LogP contribution in [0.5, 0.6) is 5.75 Å². The largest absolute Gasteiger partial charge is 0.477 e. The van der Waals surface area contributed by atoms with Crippen LogP contribution in [0.25, 0.3) is 0 Å². The molecule has 0 aromatic heterocycles. The Hall–Kier alpha value is -2.02. The first kappa shape index (κ1) is 11.5. The molecule has 1 fully saturated rings. The predicted molar refractivity (Wildman–Crippen MR) is 63.5 cm³/mol. The van der Waals surface area contributed by atoms with Gasteiger partial charge in [0.25, 0.3) is 0 Å². The standard InChI is InChI=1S/C13H14N2O2/c14-7-8-17-12-4-2-1-3-11(12)15-13(16)9-10-5-6-10/h1-4,10H,5-6,8-9H2,(H,15,16). The number of para-hydroxylation sites is 2. The van der Waals surface area contributed by atoms with Crippen molar-refractivity contribution in [1.82, 2.24) is 0 Å². The second-order valence-corrected chi connectivity index (χ2v) is 4.14. The fraction of sp³-hybridized carbons (Fsp3) is 0.385. The number of rotatable bonds is 5. The van der Waals surface area contributed by atoms with Gasteiger partial charge in [0, 0.05) is 6.42 Å². The number of benzene rings is 1. The number of carbonyl (C=O) groups excluding carboxylic acids is 1. The molecule has 0 bridgehead atoms. The minimum absolute atomic E-state index is 0.0144. The van der Waals surface area contributed by atoms with Gasteiger partial charge < -0.3 is 10.1 Å². The molecular weight excluding hydrogens is 216 g/mol. The molecule has 4 nitrogen and oxygen atoms in total. The van der Waals surface area contributed by atoms with Crippen molar-refractivity contribution in [3.8, 4) is 11.8 Å². The van der Waals surface area contributed by atoms with E-state index in [1.807, 2.05) is 18.2 Å². The molecule has 0 unspecified atom stereocenters. The smallest absolute Gasteiger partial charge is 0.224 e. The number of anilines is 1. The summed E-state index contributed by atoms with van der Waals surface area (Å²) in [7, 11) is 0. The van der Waals surface area contributed by atoms with Crippen molar-refractivity contribution in [1.29, 1.82) is 5.26 Å². The van der Waals surface area contributed by atoms with Crippen LogP contribution in [0, 0.1) is 17.2 Å². The second-order valence-electron chi connectivity index (χ2n) is 4.14. The molecule has 1 aromatic carbocycles. The highest BCUT2D eigenvalue weighted by Gasteiger charge is 2.24. The molecule has 1 aromatic rings. The molecule has 17 heavy (non-hydrogen) atoms. The van der Waals surface area contributed by atoms with Gasteiger partial charge in [-0.05, 0) is 30.9 Å². The van der Waals surface area contributed by atoms with Crippen LogP contribution in [0.1, 0.15) is 19.3 Å². The Balaban J connectivity index is 1.98. The molecule has 4 heteroatoms. The van der Waals surface area contributed by atoms with Gasteiger partial charge in [-0.3, -0.25) is 4.79 Å². The fourth-order valence-electron chi connectivity index (χ4n) is 1.59. The Morgan fingerprint density at radius 2 is 2.24 bits per heavy atom. The van der Waals surface area contributed by atoms with Crippen molar-refractivity contribution >= 4 is 11.6 Å². The van der Waals surface area contributed by atoms with Crippen molar-refractivity contribution in [3.63, 3.8) is 0 Å². The third kappa shape index (κ3) is 3.49. The molecule has 0 heterocycles. The summed E-state index contributed by atoms with van der Waals surface area (Å²) in [6, 6.07) is 9.05. The normalized spacial score (nSPS) is 13.8. The second kappa shape index (κ2) is 5.35. The van der Waals surface area contributed by atoms with E-state index in [0.29, 0.717) is 23.8 Å². The van der Waals surface area contributed by atoms with Crippen LogP contribution in [0.15, 0.2) is 24.3 Å². The van der Waals surface area contributed by atoms with E-state index in [2.05, 4.69) is 5.32 Å². The third-order valence-corrected chi connectivity index (χ3v) is 2.62. The highest BCUT2D eigenvalue weighted by molar-refractivity contribution is 5.92. The quantitative estimate of drug-likeness (QED) is 0.844. The molecular formula is C13H14N2O2. The number of nitriles is 1. The van der Waals surface area contributed by atoms with E-state index >= 15 is 0 Å². The number of carbonyl (C=O) groups is 1. The Bertz CT molecular complexity index is 447. The fourth-order valence-corrected chi connectivity index (χ4v) is 1.59. The summed E-state index contributed by atoms with van der Waals surface area (Å²) < 4.78 is 5.23. The number of amides is 1. The van der Waals surface area contributed by atoms with Crippen LogP contribution in [-0.2, 0) is 4.79 Å². The average Bonchev–Trinajstić information content (AvgIpc) is 3.11. The lowest BCUT2D eigenvalue weighted by atomic mass is 10.2. The summed E-state index contributed by atoms with van der Waals surface area (Å²) in [5.41, 5.74) is 0.633. The number of nitrogens with zero attached hydrogens (tertiary/aromatic N) is 1. The Kier molecular flexibility index (Phi) is 3.61. The van der Waals surface area contributed by atoms with E-state index in [9.17, 15) is 4.79 Å². The summed E-state index contributed by atoms with van der Waals surface area (Å²) in [6.07, 6.45) is 2.88. The Morgan fingerprint density at radius 1 is 1.47 bits per heavy atom. The molecule has 0 spiro atoms. The number of hydrogen-bond acceptors (Lipinski definition) is 3. The third-order valence-electron chi connectivity index (χ3n) is 2.62. The van der Waals surface area contributed by atoms with Gasteiger partial charge in [0.05, 0.1) is 5.69 Å². The molecule has 0 saturated heterocycles. The summed E-state index contributed by atoms with van der Waals surface area (Å²) in [5.74, 6) is 1.11. The first-order chi connectivity index (χ1) is 8.29. The maximum Gasteiger partial charge on any atom is 0.224 e. The van der Waals surface area contributed by atoms with E-state index in [0.717, 1.165) is 12.8 Å². The minimum atomic E-state index is -0.0183. The van der Waals surface area contributed by atoms with Gasteiger partial charge >= 0.3 is 0 Å². The van der Waals surface area contributed by atoms with Crippen molar-refractivity contribution in [3.05, 3.63) is 24.3 Å². The van der Waals surface area contributed by atoms with Gasteiger partial charge in [-0.15, -0.1) is 0 Å². The Morgan fingerprint density at radius 3 is 2.94 bits per heavy atom. The van der Waals surface area contributed by atoms with Crippen LogP contribution in [-0.4, -0.2) is 12.5 Å². The zero-order valence-corrected chi connectivity index (χ0v) is 9.48. The van der Waals surface area contributed by atoms with Crippen molar-refractivity contribution in [2.45, 2.75) is 19.3 Å². The van der Waals surface area contributed by atoms with Gasteiger partial charge in [-0.25, -0.2) is 0 Å². The zero-order valence-electron chi connectivity index (χ0n) is 9.48. The van der Waals surface area contributed by atoms with Gasteiger partial charge in [-0.1, -0.05) is 12.1 Å². The molecule has 1 amide bonds. The summed E-state index contributed by atoms with van der Waals surface area (Å²) in [6.45, 7) is -0.0183. The SMILES string of the molecule is N#CCOc1ccccc1NC(=O)CC1CC1. The highest BCUT2D eigenvalue weighted by Crippen LogP contribution is 2.33. The topological polar surface area (TPSA) is 62.1 Å². The molecule has 88 valence electrons. The molecule has 1 N–H and O–H groups in total. The molecule has 0 radical (unpaired) electrons. The first-order valence-corrected chi connectivity index (χ1v) is 5.68. The lowest BCUT2D eigenvalue weighted by Gasteiger charge is -2.10. The van der Waals surface area contributed by atoms with Gasteiger partial charge in [0.1, 0.15) is 11.8 Å². The van der Waals surface area contributed by atoms with Crippen LogP contribution in [0.4, 0.5) is 5.69 Å². The van der Waals surface area contributed by atoms with Gasteiger partial charge in [0.15, 0.2) is 6.61 Å². The summed E-state index contributed by atoms with van der Waals surface area (Å²) in [4.78, 5) is 11.7. The number of hydrogen-bond donors (Lipinski definition) is 1. The molecule has 1 saturated carbocycles. The van der Waals surface area contributed by atoms with Crippen LogP contribution in [0.3, 0.4) is 0 Å². The van der Waals surface area contributed by atoms with Crippen LogP contribution >= 0.6 is 0 Å². The predicted octanol–water partition coefficient (Wildman–Crippen LogP) is 2.33. The van der Waals surface area contributed by atoms with Crippen molar-refractivity contribution in [2.24, 2.45) is 5.92 Å². The zero-order chi connectivity index (χ0) is 12.1. The van der Waals surface area contributed by atoms with E-state index < -0.39 is 0 Å². The van der Waals surface area contributed by atoms with Gasteiger partial charge in [0.2, 0.25) is 5.91 Å². The molecule has 2 rings (SSSR count). The van der Waals surface area contributed by atoms with E-state index in [1.165, 1.54) is 0 Å². The van der Waals surface area contributed by atoms with E-state index in [1.54, 1.807) is 12.1 Å². The Labute approximate surface area is 100 Å². The van der Waals surface area contributed by atoms with E-state index in [4.69, 9.17) is 10.00 Å². The highest BCUT2D eigenvalue weighted by atomic mass is 16.5. The molecule has 1 aliphatic carbocycles. The van der Waals surface area contributed by atoms with Gasteiger partial charge in [-0.2, -0.15) is 5.26 Å². The maximum atomic E-state index is 11.7. The molecule has 0 atom stereocenters.